The normalized spacial score (nSPS) is 10.2. The minimum atomic E-state index is -0.177. The molecule has 2 heterocycles. The van der Waals surface area contributed by atoms with Gasteiger partial charge in [0, 0.05) is 23.6 Å². The second kappa shape index (κ2) is 5.40. The number of rotatable bonds is 3. The minimum absolute atomic E-state index is 0.177. The number of furan rings is 1. The van der Waals surface area contributed by atoms with Gasteiger partial charge in [0.25, 0.3) is 5.91 Å². The quantitative estimate of drug-likeness (QED) is 0.786. The molecule has 98 valence electrons. The van der Waals surface area contributed by atoms with Crippen molar-refractivity contribution in [1.29, 1.82) is 0 Å². The van der Waals surface area contributed by atoms with Gasteiger partial charge in [0.1, 0.15) is 5.76 Å². The summed E-state index contributed by atoms with van der Waals surface area (Å²) >= 11 is 0. The van der Waals surface area contributed by atoms with Gasteiger partial charge in [-0.25, -0.2) is 0 Å². The lowest BCUT2D eigenvalue weighted by Crippen LogP contribution is -2.11. The standard InChI is InChI=1S/C16H12N2O2/c19-16(13-3-1-9-17-11-13)18-14-7-5-12(6-8-14)15-4-2-10-20-15/h1-11H,(H,18,19). The fourth-order valence-corrected chi connectivity index (χ4v) is 1.86. The first-order chi connectivity index (χ1) is 9.83. The molecule has 0 atom stereocenters. The predicted molar refractivity (Wildman–Crippen MR) is 76.3 cm³/mol. The van der Waals surface area contributed by atoms with Crippen LogP contribution in [0.2, 0.25) is 0 Å². The van der Waals surface area contributed by atoms with Crippen LogP contribution in [0.3, 0.4) is 0 Å². The number of amides is 1. The Morgan fingerprint density at radius 2 is 1.90 bits per heavy atom. The Morgan fingerprint density at radius 3 is 2.55 bits per heavy atom. The van der Waals surface area contributed by atoms with E-state index in [1.165, 1.54) is 6.20 Å². The van der Waals surface area contributed by atoms with Gasteiger partial charge in [0.2, 0.25) is 0 Å². The summed E-state index contributed by atoms with van der Waals surface area (Å²) in [4.78, 5) is 15.9. The Labute approximate surface area is 116 Å². The topological polar surface area (TPSA) is 55.1 Å². The lowest BCUT2D eigenvalue weighted by Gasteiger charge is -2.05. The number of hydrogen-bond donors (Lipinski definition) is 1. The smallest absolute Gasteiger partial charge is 0.257 e. The number of carbonyl (C=O) groups excluding carboxylic acids is 1. The summed E-state index contributed by atoms with van der Waals surface area (Å²) in [5.74, 6) is 0.624. The first-order valence-electron chi connectivity index (χ1n) is 6.18. The summed E-state index contributed by atoms with van der Waals surface area (Å²) in [5.41, 5.74) is 2.23. The van der Waals surface area contributed by atoms with Crippen molar-refractivity contribution in [3.8, 4) is 11.3 Å². The molecule has 20 heavy (non-hydrogen) atoms. The molecule has 0 radical (unpaired) electrons. The van der Waals surface area contributed by atoms with E-state index in [9.17, 15) is 4.79 Å². The second-order valence-electron chi connectivity index (χ2n) is 4.25. The predicted octanol–water partition coefficient (Wildman–Crippen LogP) is 3.59. The van der Waals surface area contributed by atoms with E-state index >= 15 is 0 Å². The van der Waals surface area contributed by atoms with Crippen LogP contribution >= 0.6 is 0 Å². The Morgan fingerprint density at radius 1 is 1.05 bits per heavy atom. The number of anilines is 1. The van der Waals surface area contributed by atoms with Crippen LogP contribution in [0.5, 0.6) is 0 Å². The van der Waals surface area contributed by atoms with E-state index in [4.69, 9.17) is 4.42 Å². The summed E-state index contributed by atoms with van der Waals surface area (Å²) in [5, 5.41) is 2.82. The summed E-state index contributed by atoms with van der Waals surface area (Å²) in [7, 11) is 0. The minimum Gasteiger partial charge on any atom is -0.464 e. The van der Waals surface area contributed by atoms with Gasteiger partial charge in [-0.3, -0.25) is 9.78 Å². The Kier molecular flexibility index (Phi) is 3.29. The van der Waals surface area contributed by atoms with Crippen LogP contribution in [0.25, 0.3) is 11.3 Å². The van der Waals surface area contributed by atoms with Crippen LogP contribution in [0, 0.1) is 0 Å². The first kappa shape index (κ1) is 12.2. The molecular formula is C16H12N2O2. The number of carbonyl (C=O) groups is 1. The van der Waals surface area contributed by atoms with E-state index in [1.807, 2.05) is 36.4 Å². The van der Waals surface area contributed by atoms with Crippen molar-refractivity contribution < 1.29 is 9.21 Å². The first-order valence-corrected chi connectivity index (χ1v) is 6.18. The monoisotopic (exact) mass is 264 g/mol. The lowest BCUT2D eigenvalue weighted by molar-refractivity contribution is 0.102. The molecule has 1 aromatic carbocycles. The molecule has 3 rings (SSSR count). The highest BCUT2D eigenvalue weighted by Gasteiger charge is 2.06. The summed E-state index contributed by atoms with van der Waals surface area (Å²) < 4.78 is 5.31. The number of nitrogens with zero attached hydrogens (tertiary/aromatic N) is 1. The number of pyridine rings is 1. The molecule has 0 spiro atoms. The van der Waals surface area contributed by atoms with Crippen LogP contribution in [-0.2, 0) is 0 Å². The molecule has 2 aromatic heterocycles. The zero-order chi connectivity index (χ0) is 13.8. The van der Waals surface area contributed by atoms with Crippen molar-refractivity contribution in [3.63, 3.8) is 0 Å². The van der Waals surface area contributed by atoms with E-state index in [0.29, 0.717) is 5.56 Å². The zero-order valence-electron chi connectivity index (χ0n) is 10.6. The Bertz CT molecular complexity index is 689. The molecule has 3 aromatic rings. The zero-order valence-corrected chi connectivity index (χ0v) is 10.6. The molecule has 0 fully saturated rings. The maximum Gasteiger partial charge on any atom is 0.257 e. The average Bonchev–Trinajstić information content (AvgIpc) is 3.03. The molecule has 1 amide bonds. The average molecular weight is 264 g/mol. The SMILES string of the molecule is O=C(Nc1ccc(-c2ccco2)cc1)c1cccnc1. The number of nitrogens with one attached hydrogen (secondary N) is 1. The van der Waals surface area contributed by atoms with Gasteiger partial charge in [0.15, 0.2) is 0 Å². The molecule has 0 saturated heterocycles. The fraction of sp³-hybridized carbons (Fsp3) is 0. The highest BCUT2D eigenvalue weighted by molar-refractivity contribution is 6.04. The molecule has 0 aliphatic carbocycles. The van der Waals surface area contributed by atoms with E-state index in [2.05, 4.69) is 10.3 Å². The molecule has 1 N–H and O–H groups in total. The lowest BCUT2D eigenvalue weighted by atomic mass is 10.1. The molecule has 0 aliphatic rings. The summed E-state index contributed by atoms with van der Waals surface area (Å²) in [6.07, 6.45) is 4.80. The van der Waals surface area contributed by atoms with Crippen LogP contribution < -0.4 is 5.32 Å². The maximum atomic E-state index is 12.0. The molecule has 0 bridgehead atoms. The molecular weight excluding hydrogens is 252 g/mol. The van der Waals surface area contributed by atoms with Crippen molar-refractivity contribution >= 4 is 11.6 Å². The van der Waals surface area contributed by atoms with Gasteiger partial charge in [-0.2, -0.15) is 0 Å². The third kappa shape index (κ3) is 2.59. The number of benzene rings is 1. The van der Waals surface area contributed by atoms with Crippen molar-refractivity contribution in [2.75, 3.05) is 5.32 Å². The third-order valence-corrected chi connectivity index (χ3v) is 2.87. The largest absolute Gasteiger partial charge is 0.464 e. The highest BCUT2D eigenvalue weighted by Crippen LogP contribution is 2.21. The van der Waals surface area contributed by atoms with Gasteiger partial charge >= 0.3 is 0 Å². The van der Waals surface area contributed by atoms with Gasteiger partial charge in [-0.15, -0.1) is 0 Å². The van der Waals surface area contributed by atoms with Gasteiger partial charge < -0.3 is 9.73 Å². The van der Waals surface area contributed by atoms with Crippen LogP contribution in [0.15, 0.2) is 71.6 Å². The van der Waals surface area contributed by atoms with E-state index in [1.54, 1.807) is 24.6 Å². The van der Waals surface area contributed by atoms with E-state index in [0.717, 1.165) is 17.0 Å². The summed E-state index contributed by atoms with van der Waals surface area (Å²) in [6, 6.07) is 14.7. The Balaban J connectivity index is 1.74. The van der Waals surface area contributed by atoms with Crippen LogP contribution in [0.4, 0.5) is 5.69 Å². The van der Waals surface area contributed by atoms with E-state index < -0.39 is 0 Å². The van der Waals surface area contributed by atoms with E-state index in [-0.39, 0.29) is 5.91 Å². The fourth-order valence-electron chi connectivity index (χ4n) is 1.86. The van der Waals surface area contributed by atoms with Crippen molar-refractivity contribution in [2.45, 2.75) is 0 Å². The van der Waals surface area contributed by atoms with Crippen molar-refractivity contribution in [3.05, 3.63) is 72.8 Å². The molecule has 0 aliphatic heterocycles. The van der Waals surface area contributed by atoms with Gasteiger partial charge in [-0.05, 0) is 48.5 Å². The van der Waals surface area contributed by atoms with Crippen molar-refractivity contribution in [2.24, 2.45) is 0 Å². The van der Waals surface area contributed by atoms with Crippen LogP contribution in [-0.4, -0.2) is 10.9 Å². The van der Waals surface area contributed by atoms with Gasteiger partial charge in [0.05, 0.1) is 11.8 Å². The molecule has 0 unspecified atom stereocenters. The second-order valence-corrected chi connectivity index (χ2v) is 4.25. The van der Waals surface area contributed by atoms with Crippen molar-refractivity contribution in [1.82, 2.24) is 4.98 Å². The molecule has 4 nitrogen and oxygen atoms in total. The summed E-state index contributed by atoms with van der Waals surface area (Å²) in [6.45, 7) is 0. The van der Waals surface area contributed by atoms with Crippen LogP contribution in [0.1, 0.15) is 10.4 Å². The Hall–Kier alpha value is -2.88. The maximum absolute atomic E-state index is 12.0. The number of aromatic nitrogens is 1. The van der Waals surface area contributed by atoms with Gasteiger partial charge in [-0.1, -0.05) is 0 Å². The third-order valence-electron chi connectivity index (χ3n) is 2.87. The highest BCUT2D eigenvalue weighted by atomic mass is 16.3. The number of hydrogen-bond acceptors (Lipinski definition) is 3. The molecule has 4 heteroatoms. The molecule has 0 saturated carbocycles.